The van der Waals surface area contributed by atoms with Gasteiger partial charge in [-0.3, -0.25) is 0 Å². The van der Waals surface area contributed by atoms with Gasteiger partial charge in [0.15, 0.2) is 11.5 Å². The second-order valence-electron chi connectivity index (χ2n) is 6.27. The number of hydrogen-bond acceptors (Lipinski definition) is 4. The fraction of sp³-hybridized carbons (Fsp3) is 0.182. The molecule has 0 saturated carbocycles. The highest BCUT2D eigenvalue weighted by molar-refractivity contribution is 6.30. The van der Waals surface area contributed by atoms with Gasteiger partial charge < -0.3 is 19.5 Å². The first-order valence-electron chi connectivity index (χ1n) is 8.86. The number of ether oxygens (including phenoxy) is 3. The molecule has 138 valence electrons. The summed E-state index contributed by atoms with van der Waals surface area (Å²) in [6, 6.07) is 21.7. The van der Waals surface area contributed by atoms with Crippen LogP contribution in [0, 0.1) is 0 Å². The minimum Gasteiger partial charge on any atom is -0.489 e. The molecule has 27 heavy (non-hydrogen) atoms. The van der Waals surface area contributed by atoms with Crippen molar-refractivity contribution < 1.29 is 14.2 Å². The molecule has 1 heterocycles. The van der Waals surface area contributed by atoms with Crippen LogP contribution in [0.4, 0.5) is 5.69 Å². The van der Waals surface area contributed by atoms with Gasteiger partial charge in [-0.1, -0.05) is 35.9 Å². The molecule has 0 bridgehead atoms. The second kappa shape index (κ2) is 8.23. The minimum atomic E-state index is 0.520. The standard InChI is InChI=1S/C22H20ClNO3/c23-18-5-1-17(2-6-18)15-27-20-8-3-16(4-9-20)14-24-19-7-10-21-22(13-19)26-12-11-25-21/h1-10,13,24H,11-12,14-15H2. The lowest BCUT2D eigenvalue weighted by Crippen LogP contribution is -2.15. The fourth-order valence-electron chi connectivity index (χ4n) is 2.81. The van der Waals surface area contributed by atoms with Gasteiger partial charge in [0.2, 0.25) is 0 Å². The Kier molecular flexibility index (Phi) is 5.35. The first-order valence-corrected chi connectivity index (χ1v) is 9.24. The van der Waals surface area contributed by atoms with E-state index in [4.69, 9.17) is 25.8 Å². The number of anilines is 1. The lowest BCUT2D eigenvalue weighted by atomic mass is 10.2. The van der Waals surface area contributed by atoms with Crippen molar-refractivity contribution in [2.24, 2.45) is 0 Å². The van der Waals surface area contributed by atoms with E-state index >= 15 is 0 Å². The van der Waals surface area contributed by atoms with E-state index in [1.807, 2.05) is 54.6 Å². The van der Waals surface area contributed by atoms with Crippen molar-refractivity contribution in [2.75, 3.05) is 18.5 Å². The van der Waals surface area contributed by atoms with Crippen LogP contribution in [0.5, 0.6) is 17.2 Å². The molecule has 0 aromatic heterocycles. The summed E-state index contributed by atoms with van der Waals surface area (Å²) in [5.74, 6) is 2.43. The molecule has 3 aromatic carbocycles. The molecular formula is C22H20ClNO3. The van der Waals surface area contributed by atoms with Gasteiger partial charge in [-0.2, -0.15) is 0 Å². The molecule has 0 saturated heterocycles. The Morgan fingerprint density at radius 2 is 1.52 bits per heavy atom. The SMILES string of the molecule is Clc1ccc(COc2ccc(CNc3ccc4c(c3)OCCO4)cc2)cc1. The van der Waals surface area contributed by atoms with E-state index in [0.717, 1.165) is 40.1 Å². The van der Waals surface area contributed by atoms with Crippen LogP contribution in [0.3, 0.4) is 0 Å². The van der Waals surface area contributed by atoms with E-state index in [0.29, 0.717) is 19.8 Å². The lowest BCUT2D eigenvalue weighted by molar-refractivity contribution is 0.171. The van der Waals surface area contributed by atoms with E-state index in [1.165, 1.54) is 5.56 Å². The fourth-order valence-corrected chi connectivity index (χ4v) is 2.93. The van der Waals surface area contributed by atoms with Gasteiger partial charge in [0.1, 0.15) is 25.6 Å². The highest BCUT2D eigenvalue weighted by Gasteiger charge is 2.11. The lowest BCUT2D eigenvalue weighted by Gasteiger charge is -2.19. The summed E-state index contributed by atoms with van der Waals surface area (Å²) in [6.07, 6.45) is 0. The summed E-state index contributed by atoms with van der Waals surface area (Å²) in [5.41, 5.74) is 3.26. The normalized spacial score (nSPS) is 12.5. The van der Waals surface area contributed by atoms with Crippen LogP contribution in [0.25, 0.3) is 0 Å². The Morgan fingerprint density at radius 1 is 0.815 bits per heavy atom. The van der Waals surface area contributed by atoms with Crippen LogP contribution in [-0.4, -0.2) is 13.2 Å². The number of halogens is 1. The molecule has 0 fully saturated rings. The number of fused-ring (bicyclic) bond motifs is 1. The number of benzene rings is 3. The van der Waals surface area contributed by atoms with Crippen molar-refractivity contribution in [3.05, 3.63) is 82.9 Å². The van der Waals surface area contributed by atoms with Gasteiger partial charge in [0, 0.05) is 23.3 Å². The van der Waals surface area contributed by atoms with Gasteiger partial charge in [-0.05, 0) is 47.5 Å². The zero-order chi connectivity index (χ0) is 18.5. The molecule has 4 nitrogen and oxygen atoms in total. The molecule has 0 amide bonds. The van der Waals surface area contributed by atoms with Crippen molar-refractivity contribution in [3.63, 3.8) is 0 Å². The maximum atomic E-state index is 5.90. The smallest absolute Gasteiger partial charge is 0.163 e. The topological polar surface area (TPSA) is 39.7 Å². The highest BCUT2D eigenvalue weighted by Crippen LogP contribution is 2.32. The summed E-state index contributed by atoms with van der Waals surface area (Å²) in [7, 11) is 0. The molecule has 0 unspecified atom stereocenters. The van der Waals surface area contributed by atoms with Gasteiger partial charge in [-0.25, -0.2) is 0 Å². The zero-order valence-corrected chi connectivity index (χ0v) is 15.5. The van der Waals surface area contributed by atoms with E-state index < -0.39 is 0 Å². The highest BCUT2D eigenvalue weighted by atomic mass is 35.5. The van der Waals surface area contributed by atoms with Crippen LogP contribution in [0.1, 0.15) is 11.1 Å². The predicted molar refractivity (Wildman–Crippen MR) is 107 cm³/mol. The average molecular weight is 382 g/mol. The van der Waals surface area contributed by atoms with Crippen molar-refractivity contribution in [3.8, 4) is 17.2 Å². The quantitative estimate of drug-likeness (QED) is 0.628. The van der Waals surface area contributed by atoms with Gasteiger partial charge in [0.05, 0.1) is 0 Å². The Hall–Kier alpha value is -2.85. The van der Waals surface area contributed by atoms with Crippen LogP contribution >= 0.6 is 11.6 Å². The van der Waals surface area contributed by atoms with Crippen LogP contribution in [0.2, 0.25) is 5.02 Å². The number of nitrogens with one attached hydrogen (secondary N) is 1. The summed E-state index contributed by atoms with van der Waals surface area (Å²) >= 11 is 5.90. The van der Waals surface area contributed by atoms with Crippen molar-refractivity contribution in [1.29, 1.82) is 0 Å². The molecule has 0 radical (unpaired) electrons. The van der Waals surface area contributed by atoms with Gasteiger partial charge in [-0.15, -0.1) is 0 Å². The molecule has 4 rings (SSSR count). The predicted octanol–water partition coefficient (Wildman–Crippen LogP) is 5.30. The van der Waals surface area contributed by atoms with E-state index in [2.05, 4.69) is 17.4 Å². The van der Waals surface area contributed by atoms with Gasteiger partial charge in [0.25, 0.3) is 0 Å². The second-order valence-corrected chi connectivity index (χ2v) is 6.71. The van der Waals surface area contributed by atoms with Crippen molar-refractivity contribution in [2.45, 2.75) is 13.2 Å². The minimum absolute atomic E-state index is 0.520. The van der Waals surface area contributed by atoms with Crippen LogP contribution < -0.4 is 19.5 Å². The maximum absolute atomic E-state index is 5.90. The van der Waals surface area contributed by atoms with E-state index in [-0.39, 0.29) is 0 Å². The van der Waals surface area contributed by atoms with Crippen molar-refractivity contribution >= 4 is 17.3 Å². The Morgan fingerprint density at radius 3 is 2.30 bits per heavy atom. The monoisotopic (exact) mass is 381 g/mol. The molecule has 0 atom stereocenters. The summed E-state index contributed by atoms with van der Waals surface area (Å²) < 4.78 is 17.0. The Labute approximate surface area is 163 Å². The number of hydrogen-bond donors (Lipinski definition) is 1. The zero-order valence-electron chi connectivity index (χ0n) is 14.8. The molecule has 1 aliphatic rings. The average Bonchev–Trinajstić information content (AvgIpc) is 2.72. The molecule has 0 aliphatic carbocycles. The van der Waals surface area contributed by atoms with Crippen LogP contribution in [0.15, 0.2) is 66.7 Å². The van der Waals surface area contributed by atoms with E-state index in [9.17, 15) is 0 Å². The van der Waals surface area contributed by atoms with E-state index in [1.54, 1.807) is 0 Å². The Balaban J connectivity index is 1.30. The molecule has 3 aromatic rings. The summed E-state index contributed by atoms with van der Waals surface area (Å²) in [6.45, 7) is 2.43. The molecule has 1 N–H and O–H groups in total. The van der Waals surface area contributed by atoms with Crippen molar-refractivity contribution in [1.82, 2.24) is 0 Å². The molecule has 1 aliphatic heterocycles. The molecule has 5 heteroatoms. The first-order chi connectivity index (χ1) is 13.3. The third-order valence-electron chi connectivity index (χ3n) is 4.28. The van der Waals surface area contributed by atoms with Crippen LogP contribution in [-0.2, 0) is 13.2 Å². The largest absolute Gasteiger partial charge is 0.489 e. The maximum Gasteiger partial charge on any atom is 0.163 e. The summed E-state index contributed by atoms with van der Waals surface area (Å²) in [5, 5.41) is 4.13. The molecular weight excluding hydrogens is 362 g/mol. The summed E-state index contributed by atoms with van der Waals surface area (Å²) in [4.78, 5) is 0. The molecule has 0 spiro atoms. The number of rotatable bonds is 6. The van der Waals surface area contributed by atoms with Gasteiger partial charge >= 0.3 is 0 Å². The Bertz CT molecular complexity index is 894. The third-order valence-corrected chi connectivity index (χ3v) is 4.53. The third kappa shape index (κ3) is 4.66. The first kappa shape index (κ1) is 17.6.